The molecule has 0 aliphatic carbocycles. The average molecular weight is 420 g/mol. The Bertz CT molecular complexity index is 1070. The predicted molar refractivity (Wildman–Crippen MR) is 113 cm³/mol. The van der Waals surface area contributed by atoms with E-state index < -0.39 is 24.5 Å². The third-order valence-corrected chi connectivity index (χ3v) is 4.61. The van der Waals surface area contributed by atoms with E-state index in [2.05, 4.69) is 10.6 Å². The molecule has 2 amide bonds. The minimum Gasteiger partial charge on any atom is -0.394 e. The topological polar surface area (TPSA) is 95.5 Å². The zero-order chi connectivity index (χ0) is 22.2. The molecule has 31 heavy (non-hydrogen) atoms. The van der Waals surface area contributed by atoms with E-state index >= 15 is 0 Å². The van der Waals surface area contributed by atoms with E-state index in [0.29, 0.717) is 16.7 Å². The average Bonchev–Trinajstić information content (AvgIpc) is 2.82. The summed E-state index contributed by atoms with van der Waals surface area (Å²) in [6.45, 7) is -0.490. The summed E-state index contributed by atoms with van der Waals surface area (Å²) < 4.78 is 13.0. The monoisotopic (exact) mass is 420 g/mol. The zero-order valence-electron chi connectivity index (χ0n) is 16.5. The number of aliphatic hydroxyl groups excluding tert-OH is 1. The van der Waals surface area contributed by atoms with Gasteiger partial charge < -0.3 is 15.7 Å². The fourth-order valence-electron chi connectivity index (χ4n) is 2.91. The van der Waals surface area contributed by atoms with Crippen molar-refractivity contribution in [2.75, 3.05) is 6.61 Å². The first-order valence-electron chi connectivity index (χ1n) is 9.61. The molecule has 0 radical (unpaired) electrons. The van der Waals surface area contributed by atoms with Crippen LogP contribution in [0.15, 0.2) is 78.9 Å². The quantitative estimate of drug-likeness (QED) is 0.488. The molecule has 7 heteroatoms. The number of amides is 2. The molecule has 0 saturated heterocycles. The Morgan fingerprint density at radius 1 is 0.839 bits per heavy atom. The number of hydrogen-bond donors (Lipinski definition) is 3. The van der Waals surface area contributed by atoms with Crippen molar-refractivity contribution in [2.45, 2.75) is 12.6 Å². The Balaban J connectivity index is 1.64. The molecule has 6 nitrogen and oxygen atoms in total. The summed E-state index contributed by atoms with van der Waals surface area (Å²) in [4.78, 5) is 37.5. The van der Waals surface area contributed by atoms with Gasteiger partial charge in [0.25, 0.3) is 5.91 Å². The van der Waals surface area contributed by atoms with Crippen LogP contribution in [-0.2, 0) is 11.3 Å². The molecule has 0 aliphatic rings. The summed E-state index contributed by atoms with van der Waals surface area (Å²) in [6, 6.07) is 19.2. The highest BCUT2D eigenvalue weighted by Crippen LogP contribution is 2.12. The molecule has 1 atom stereocenters. The van der Waals surface area contributed by atoms with Crippen LogP contribution in [0, 0.1) is 5.82 Å². The molecule has 3 aromatic rings. The first kappa shape index (κ1) is 21.9. The van der Waals surface area contributed by atoms with Gasteiger partial charge in [0.2, 0.25) is 5.91 Å². The van der Waals surface area contributed by atoms with E-state index in [1.54, 1.807) is 42.5 Å². The van der Waals surface area contributed by atoms with E-state index in [1.165, 1.54) is 36.4 Å². The maximum atomic E-state index is 13.0. The number of hydrogen-bond acceptors (Lipinski definition) is 4. The minimum absolute atomic E-state index is 0.118. The van der Waals surface area contributed by atoms with Crippen LogP contribution in [0.4, 0.5) is 4.39 Å². The summed E-state index contributed by atoms with van der Waals surface area (Å²) >= 11 is 0. The van der Waals surface area contributed by atoms with E-state index in [1.807, 2.05) is 0 Å². The summed E-state index contributed by atoms with van der Waals surface area (Å²) in [5.74, 6) is -1.80. The normalized spacial score (nSPS) is 11.4. The van der Waals surface area contributed by atoms with Crippen molar-refractivity contribution in [3.05, 3.63) is 107 Å². The van der Waals surface area contributed by atoms with Crippen LogP contribution in [0.25, 0.3) is 0 Å². The number of ketones is 1. The number of halogens is 1. The highest BCUT2D eigenvalue weighted by atomic mass is 19.1. The molecule has 158 valence electrons. The third kappa shape index (κ3) is 5.83. The van der Waals surface area contributed by atoms with E-state index in [0.717, 1.165) is 0 Å². The molecule has 0 heterocycles. The lowest BCUT2D eigenvalue weighted by atomic mass is 10.0. The predicted octanol–water partition coefficient (Wildman–Crippen LogP) is 2.46. The Hall–Kier alpha value is -3.84. The number of benzene rings is 3. The number of rotatable bonds is 8. The van der Waals surface area contributed by atoms with Gasteiger partial charge in [-0.1, -0.05) is 54.6 Å². The molecular weight excluding hydrogens is 399 g/mol. The second-order valence-corrected chi connectivity index (χ2v) is 6.83. The van der Waals surface area contributed by atoms with Gasteiger partial charge in [-0.2, -0.15) is 0 Å². The summed E-state index contributed by atoms with van der Waals surface area (Å²) in [5.41, 5.74) is 1.69. The van der Waals surface area contributed by atoms with Crippen molar-refractivity contribution in [3.8, 4) is 0 Å². The molecule has 3 N–H and O–H groups in total. The zero-order valence-corrected chi connectivity index (χ0v) is 16.5. The van der Waals surface area contributed by atoms with Crippen molar-refractivity contribution in [1.29, 1.82) is 0 Å². The van der Waals surface area contributed by atoms with Gasteiger partial charge in [-0.25, -0.2) is 4.39 Å². The van der Waals surface area contributed by atoms with Crippen LogP contribution in [0.2, 0.25) is 0 Å². The smallest absolute Gasteiger partial charge is 0.252 e. The molecule has 0 aromatic heterocycles. The van der Waals surface area contributed by atoms with Gasteiger partial charge in [0.1, 0.15) is 11.9 Å². The van der Waals surface area contributed by atoms with Crippen molar-refractivity contribution < 1.29 is 23.9 Å². The number of carbonyl (C=O) groups is 3. The molecule has 0 saturated carbocycles. The molecule has 0 fully saturated rings. The first-order valence-corrected chi connectivity index (χ1v) is 9.61. The minimum atomic E-state index is -1.18. The van der Waals surface area contributed by atoms with Crippen molar-refractivity contribution in [1.82, 2.24) is 10.6 Å². The molecular formula is C24H21FN2O4. The third-order valence-electron chi connectivity index (χ3n) is 4.61. The van der Waals surface area contributed by atoms with Crippen LogP contribution < -0.4 is 10.6 Å². The van der Waals surface area contributed by atoms with Gasteiger partial charge in [-0.15, -0.1) is 0 Å². The van der Waals surface area contributed by atoms with E-state index in [9.17, 15) is 23.9 Å². The summed E-state index contributed by atoms with van der Waals surface area (Å²) in [5, 5.41) is 14.6. The number of nitrogens with one attached hydrogen (secondary N) is 2. The van der Waals surface area contributed by atoms with E-state index in [4.69, 9.17) is 0 Å². The van der Waals surface area contributed by atoms with Gasteiger partial charge in [0.05, 0.1) is 6.61 Å². The van der Waals surface area contributed by atoms with Crippen LogP contribution in [0.3, 0.4) is 0 Å². The van der Waals surface area contributed by atoms with Crippen LogP contribution >= 0.6 is 0 Å². The molecule has 0 aliphatic heterocycles. The fraction of sp³-hybridized carbons (Fsp3) is 0.125. The summed E-state index contributed by atoms with van der Waals surface area (Å²) in [7, 11) is 0. The number of carbonyl (C=O) groups excluding carboxylic acids is 3. The van der Waals surface area contributed by atoms with Crippen LogP contribution in [-0.4, -0.2) is 35.4 Å². The first-order chi connectivity index (χ1) is 15.0. The Kier molecular flexibility index (Phi) is 7.24. The van der Waals surface area contributed by atoms with Gasteiger partial charge >= 0.3 is 0 Å². The maximum absolute atomic E-state index is 13.0. The van der Waals surface area contributed by atoms with Gasteiger partial charge in [-0.05, 0) is 29.8 Å². The fourth-order valence-corrected chi connectivity index (χ4v) is 2.91. The number of aliphatic hydroxyl groups is 1. The standard InChI is InChI=1S/C24H21FN2O4/c25-20-11-9-16(10-12-20)14-26-24(31)21(15-28)27-23(30)19-8-4-7-18(13-19)22(29)17-5-2-1-3-6-17/h1-13,21,28H,14-15H2,(H,26,31)(H,27,30). The second kappa shape index (κ2) is 10.3. The molecule has 0 bridgehead atoms. The Labute approximate surface area is 178 Å². The van der Waals surface area contributed by atoms with Crippen molar-refractivity contribution in [3.63, 3.8) is 0 Å². The van der Waals surface area contributed by atoms with Gasteiger partial charge in [-0.3, -0.25) is 14.4 Å². The molecule has 3 aromatic carbocycles. The van der Waals surface area contributed by atoms with Crippen molar-refractivity contribution >= 4 is 17.6 Å². The molecule has 3 rings (SSSR count). The van der Waals surface area contributed by atoms with Gasteiger partial charge in [0.15, 0.2) is 5.78 Å². The maximum Gasteiger partial charge on any atom is 0.252 e. The lowest BCUT2D eigenvalue weighted by Gasteiger charge is -2.16. The highest BCUT2D eigenvalue weighted by Gasteiger charge is 2.21. The molecule has 0 spiro atoms. The lowest BCUT2D eigenvalue weighted by molar-refractivity contribution is -0.124. The Morgan fingerprint density at radius 3 is 2.16 bits per heavy atom. The van der Waals surface area contributed by atoms with Gasteiger partial charge in [0, 0.05) is 23.2 Å². The largest absolute Gasteiger partial charge is 0.394 e. The van der Waals surface area contributed by atoms with E-state index in [-0.39, 0.29) is 23.7 Å². The van der Waals surface area contributed by atoms with Crippen molar-refractivity contribution in [2.24, 2.45) is 0 Å². The van der Waals surface area contributed by atoms with Crippen LogP contribution in [0.5, 0.6) is 0 Å². The highest BCUT2D eigenvalue weighted by molar-refractivity contribution is 6.10. The SMILES string of the molecule is O=C(NC(CO)C(=O)NCc1ccc(F)cc1)c1cccc(C(=O)c2ccccc2)c1. The molecule has 1 unspecified atom stereocenters. The van der Waals surface area contributed by atoms with Crippen LogP contribution in [0.1, 0.15) is 31.8 Å². The summed E-state index contributed by atoms with van der Waals surface area (Å²) in [6.07, 6.45) is 0. The Morgan fingerprint density at radius 2 is 1.48 bits per heavy atom. The second-order valence-electron chi connectivity index (χ2n) is 6.83. The lowest BCUT2D eigenvalue weighted by Crippen LogP contribution is -2.48.